The van der Waals surface area contributed by atoms with E-state index >= 15 is 0 Å². The summed E-state index contributed by atoms with van der Waals surface area (Å²) in [4.78, 5) is 26.2. The van der Waals surface area contributed by atoms with Crippen molar-refractivity contribution in [2.45, 2.75) is 19.8 Å². The number of benzene rings is 1. The van der Waals surface area contributed by atoms with Crippen LogP contribution < -0.4 is 0 Å². The van der Waals surface area contributed by atoms with Gasteiger partial charge in [-0.05, 0) is 25.5 Å². The van der Waals surface area contributed by atoms with Gasteiger partial charge in [0, 0.05) is 37.4 Å². The fourth-order valence-corrected chi connectivity index (χ4v) is 3.50. The molecule has 0 radical (unpaired) electrons. The molecule has 0 saturated carbocycles. The molecule has 0 spiro atoms. The summed E-state index contributed by atoms with van der Waals surface area (Å²) < 4.78 is 1.98. The summed E-state index contributed by atoms with van der Waals surface area (Å²) >= 11 is 0. The average Bonchev–Trinajstić information content (AvgIpc) is 3.13. The van der Waals surface area contributed by atoms with Crippen LogP contribution >= 0.6 is 0 Å². The molecular weight excluding hydrogens is 304 g/mol. The van der Waals surface area contributed by atoms with E-state index in [2.05, 4.69) is 0 Å². The van der Waals surface area contributed by atoms with Crippen molar-refractivity contribution in [3.05, 3.63) is 58.9 Å². The predicted molar refractivity (Wildman–Crippen MR) is 91.1 cm³/mol. The Morgan fingerprint density at radius 2 is 1.79 bits per heavy atom. The van der Waals surface area contributed by atoms with Gasteiger partial charge in [-0.1, -0.05) is 30.3 Å². The highest BCUT2D eigenvalue weighted by molar-refractivity contribution is 5.96. The first kappa shape index (κ1) is 16.3. The van der Waals surface area contributed by atoms with Gasteiger partial charge in [-0.15, -0.1) is 0 Å². The molecule has 2 heterocycles. The fraction of sp³-hybridized carbons (Fsp3) is 0.368. The van der Waals surface area contributed by atoms with Gasteiger partial charge < -0.3 is 14.6 Å². The van der Waals surface area contributed by atoms with E-state index in [1.165, 1.54) is 0 Å². The molecule has 126 valence electrons. The van der Waals surface area contributed by atoms with Crippen molar-refractivity contribution < 1.29 is 14.7 Å². The molecule has 1 aliphatic rings. The van der Waals surface area contributed by atoms with Gasteiger partial charge in [0.25, 0.3) is 5.91 Å². The molecule has 1 aromatic heterocycles. The first-order valence-electron chi connectivity index (χ1n) is 8.10. The molecule has 1 aliphatic heterocycles. The molecule has 0 bridgehead atoms. The number of aromatic nitrogens is 1. The Morgan fingerprint density at radius 3 is 2.33 bits per heavy atom. The molecule has 5 nitrogen and oxygen atoms in total. The van der Waals surface area contributed by atoms with E-state index < -0.39 is 11.9 Å². The van der Waals surface area contributed by atoms with E-state index in [0.29, 0.717) is 12.1 Å². The summed E-state index contributed by atoms with van der Waals surface area (Å²) in [5.74, 6) is -1.67. The first-order chi connectivity index (χ1) is 11.4. The van der Waals surface area contributed by atoms with Gasteiger partial charge in [-0.3, -0.25) is 9.59 Å². The van der Waals surface area contributed by atoms with E-state index in [4.69, 9.17) is 0 Å². The van der Waals surface area contributed by atoms with Crippen molar-refractivity contribution in [1.29, 1.82) is 0 Å². The van der Waals surface area contributed by atoms with Crippen molar-refractivity contribution in [3.63, 3.8) is 0 Å². The smallest absolute Gasteiger partial charge is 0.308 e. The second kappa shape index (κ2) is 6.15. The zero-order chi connectivity index (χ0) is 17.4. The lowest BCUT2D eigenvalue weighted by Gasteiger charge is -2.16. The Labute approximate surface area is 141 Å². The Bertz CT molecular complexity index is 779. The number of hydrogen-bond donors (Lipinski definition) is 1. The largest absolute Gasteiger partial charge is 0.481 e. The van der Waals surface area contributed by atoms with Gasteiger partial charge >= 0.3 is 5.97 Å². The maximum atomic E-state index is 12.9. The van der Waals surface area contributed by atoms with Crippen molar-refractivity contribution >= 4 is 11.9 Å². The molecule has 1 saturated heterocycles. The Morgan fingerprint density at radius 1 is 1.12 bits per heavy atom. The molecule has 2 aromatic rings. The van der Waals surface area contributed by atoms with Crippen LogP contribution in [0.15, 0.2) is 36.4 Å². The third kappa shape index (κ3) is 2.70. The van der Waals surface area contributed by atoms with Gasteiger partial charge in [-0.2, -0.15) is 0 Å². The molecule has 1 fully saturated rings. The van der Waals surface area contributed by atoms with Crippen molar-refractivity contribution in [3.8, 4) is 0 Å². The monoisotopic (exact) mass is 326 g/mol. The number of nitrogens with zero attached hydrogens (tertiary/aromatic N) is 2. The summed E-state index contributed by atoms with van der Waals surface area (Å²) in [5, 5.41) is 9.58. The second-order valence-electron chi connectivity index (χ2n) is 6.52. The fourth-order valence-electron chi connectivity index (χ4n) is 3.50. The van der Waals surface area contributed by atoms with E-state index in [0.717, 1.165) is 17.0 Å². The van der Waals surface area contributed by atoms with E-state index in [1.54, 1.807) is 4.90 Å². The normalized spacial score (nSPS) is 20.4. The number of hydrogen-bond acceptors (Lipinski definition) is 2. The van der Waals surface area contributed by atoms with Crippen LogP contribution in [0.25, 0.3) is 0 Å². The van der Waals surface area contributed by atoms with Crippen LogP contribution in [0.3, 0.4) is 0 Å². The van der Waals surface area contributed by atoms with Crippen LogP contribution in [0.4, 0.5) is 0 Å². The number of likely N-dealkylation sites (tertiary alicyclic amines) is 1. The van der Waals surface area contributed by atoms with Crippen LogP contribution in [0, 0.1) is 19.8 Å². The van der Waals surface area contributed by atoms with Gasteiger partial charge in [0.1, 0.15) is 0 Å². The average molecular weight is 326 g/mol. The zero-order valence-corrected chi connectivity index (χ0v) is 14.2. The van der Waals surface area contributed by atoms with Crippen LogP contribution in [-0.4, -0.2) is 39.5 Å². The molecule has 24 heavy (non-hydrogen) atoms. The standard InChI is InChI=1S/C19H22N2O3/c1-12-9-15(13(2)20(12)3)18(22)21-10-16(17(11-21)19(23)24)14-7-5-4-6-8-14/h4-9,16-17H,10-11H2,1-3H3,(H,23,24)/t16-,17+/m0/s1. The topological polar surface area (TPSA) is 62.5 Å². The Hall–Kier alpha value is -2.56. The maximum Gasteiger partial charge on any atom is 0.308 e. The molecule has 0 aliphatic carbocycles. The van der Waals surface area contributed by atoms with E-state index in [1.807, 2.05) is 61.9 Å². The number of carbonyl (C=O) groups excluding carboxylic acids is 1. The molecule has 5 heteroatoms. The number of aliphatic carboxylic acids is 1. The Balaban J connectivity index is 1.89. The van der Waals surface area contributed by atoms with Gasteiger partial charge in [-0.25, -0.2) is 0 Å². The van der Waals surface area contributed by atoms with Crippen molar-refractivity contribution in [2.75, 3.05) is 13.1 Å². The molecule has 1 amide bonds. The minimum Gasteiger partial charge on any atom is -0.481 e. The predicted octanol–water partition coefficient (Wildman–Crippen LogP) is 2.58. The molecule has 1 aromatic carbocycles. The van der Waals surface area contributed by atoms with Gasteiger partial charge in [0.2, 0.25) is 0 Å². The van der Waals surface area contributed by atoms with Crippen LogP contribution in [0.1, 0.15) is 33.2 Å². The lowest BCUT2D eigenvalue weighted by Crippen LogP contribution is -2.30. The number of amides is 1. The van der Waals surface area contributed by atoms with Crippen molar-refractivity contribution in [1.82, 2.24) is 9.47 Å². The van der Waals surface area contributed by atoms with E-state index in [9.17, 15) is 14.7 Å². The third-order valence-electron chi connectivity index (χ3n) is 5.16. The number of carboxylic acid groups (broad SMARTS) is 1. The quantitative estimate of drug-likeness (QED) is 0.943. The molecule has 2 atom stereocenters. The number of carboxylic acids is 1. The van der Waals surface area contributed by atoms with Crippen LogP contribution in [0.5, 0.6) is 0 Å². The summed E-state index contributed by atoms with van der Waals surface area (Å²) in [6.45, 7) is 4.56. The summed E-state index contributed by atoms with van der Waals surface area (Å²) in [6, 6.07) is 11.5. The lowest BCUT2D eigenvalue weighted by molar-refractivity contribution is -0.141. The van der Waals surface area contributed by atoms with E-state index in [-0.39, 0.29) is 18.4 Å². The number of rotatable bonds is 3. The number of carbonyl (C=O) groups is 2. The highest BCUT2D eigenvalue weighted by Gasteiger charge is 2.41. The highest BCUT2D eigenvalue weighted by atomic mass is 16.4. The SMILES string of the molecule is Cc1cc(C(=O)N2C[C@@H](C(=O)O)[C@H](c3ccccc3)C2)c(C)n1C. The van der Waals surface area contributed by atoms with Gasteiger partial charge in [0.15, 0.2) is 0 Å². The highest BCUT2D eigenvalue weighted by Crippen LogP contribution is 2.34. The molecular formula is C19H22N2O3. The minimum absolute atomic E-state index is 0.0825. The summed E-state index contributed by atoms with van der Waals surface area (Å²) in [7, 11) is 1.93. The zero-order valence-electron chi connectivity index (χ0n) is 14.2. The maximum absolute atomic E-state index is 12.9. The lowest BCUT2D eigenvalue weighted by atomic mass is 9.89. The van der Waals surface area contributed by atoms with Crippen LogP contribution in [-0.2, 0) is 11.8 Å². The molecule has 0 unspecified atom stereocenters. The minimum atomic E-state index is -0.847. The van der Waals surface area contributed by atoms with Crippen LogP contribution in [0.2, 0.25) is 0 Å². The molecule has 1 N–H and O–H groups in total. The first-order valence-corrected chi connectivity index (χ1v) is 8.10. The molecule has 3 rings (SSSR count). The van der Waals surface area contributed by atoms with Crippen molar-refractivity contribution in [2.24, 2.45) is 13.0 Å². The summed E-state index contributed by atoms with van der Waals surface area (Å²) in [5.41, 5.74) is 3.56. The Kier molecular flexibility index (Phi) is 4.18. The number of aryl methyl sites for hydroxylation is 1. The second-order valence-corrected chi connectivity index (χ2v) is 6.52. The van der Waals surface area contributed by atoms with Gasteiger partial charge in [0.05, 0.1) is 11.5 Å². The third-order valence-corrected chi connectivity index (χ3v) is 5.16. The summed E-state index contributed by atoms with van der Waals surface area (Å²) in [6.07, 6.45) is 0.